The molecule has 0 fully saturated rings. The van der Waals surface area contributed by atoms with E-state index < -0.39 is 29.8 Å². The van der Waals surface area contributed by atoms with Crippen LogP contribution >= 0.6 is 0 Å². The molecule has 0 spiro atoms. The lowest BCUT2D eigenvalue weighted by Gasteiger charge is -2.19. The Hall–Kier alpha value is -1.18. The van der Waals surface area contributed by atoms with Gasteiger partial charge in [0, 0.05) is 12.1 Å². The van der Waals surface area contributed by atoms with Gasteiger partial charge in [-0.2, -0.15) is 13.2 Å². The lowest BCUT2D eigenvalue weighted by Crippen LogP contribution is -2.30. The Morgan fingerprint density at radius 1 is 1.28 bits per heavy atom. The zero-order valence-corrected chi connectivity index (χ0v) is 9.50. The summed E-state index contributed by atoms with van der Waals surface area (Å²) in [5, 5.41) is 21.6. The molecule has 0 aromatic heterocycles. The summed E-state index contributed by atoms with van der Waals surface area (Å²) < 4.78 is 50.3. The van der Waals surface area contributed by atoms with Gasteiger partial charge in [-0.1, -0.05) is 6.07 Å². The highest BCUT2D eigenvalue weighted by molar-refractivity contribution is 5.28. The van der Waals surface area contributed by atoms with Crippen LogP contribution in [-0.4, -0.2) is 29.9 Å². The van der Waals surface area contributed by atoms with Crippen LogP contribution in [0.3, 0.4) is 0 Å². The Morgan fingerprint density at radius 2 is 1.89 bits per heavy atom. The maximum Gasteiger partial charge on any atom is 0.416 e. The van der Waals surface area contributed by atoms with Gasteiger partial charge in [0.25, 0.3) is 0 Å². The standard InChI is InChI=1S/C11H13F4NO2/c1-16-5-9(17)10(18)7-3-2-6(4-8(7)12)11(13,14)15/h2-4,9-10,16-18H,5H2,1H3. The lowest BCUT2D eigenvalue weighted by molar-refractivity contribution is -0.137. The normalized spacial score (nSPS) is 15.5. The summed E-state index contributed by atoms with van der Waals surface area (Å²) in [5.41, 5.74) is -1.51. The van der Waals surface area contributed by atoms with Gasteiger partial charge in [0.15, 0.2) is 0 Å². The molecule has 18 heavy (non-hydrogen) atoms. The van der Waals surface area contributed by atoms with Gasteiger partial charge in [-0.05, 0) is 19.2 Å². The van der Waals surface area contributed by atoms with E-state index in [9.17, 15) is 27.8 Å². The van der Waals surface area contributed by atoms with Gasteiger partial charge in [0.2, 0.25) is 0 Å². The number of hydrogen-bond donors (Lipinski definition) is 3. The molecule has 0 aliphatic rings. The van der Waals surface area contributed by atoms with Crippen LogP contribution in [-0.2, 0) is 6.18 Å². The molecule has 0 bridgehead atoms. The fourth-order valence-corrected chi connectivity index (χ4v) is 1.47. The van der Waals surface area contributed by atoms with E-state index in [2.05, 4.69) is 5.32 Å². The molecule has 0 amide bonds. The molecule has 0 aliphatic heterocycles. The third-order valence-corrected chi connectivity index (χ3v) is 2.42. The molecule has 102 valence electrons. The first-order valence-corrected chi connectivity index (χ1v) is 5.14. The van der Waals surface area contributed by atoms with Crippen molar-refractivity contribution in [3.63, 3.8) is 0 Å². The Labute approximate surface area is 101 Å². The first-order valence-electron chi connectivity index (χ1n) is 5.14. The van der Waals surface area contributed by atoms with E-state index in [-0.39, 0.29) is 12.1 Å². The molecule has 0 saturated heterocycles. The molecule has 2 unspecified atom stereocenters. The summed E-state index contributed by atoms with van der Waals surface area (Å²) in [6, 6.07) is 1.78. The van der Waals surface area contributed by atoms with Crippen molar-refractivity contribution >= 4 is 0 Å². The molecule has 1 rings (SSSR count). The average molecular weight is 267 g/mol. The fraction of sp³-hybridized carbons (Fsp3) is 0.455. The van der Waals surface area contributed by atoms with Gasteiger partial charge in [-0.25, -0.2) is 4.39 Å². The highest BCUT2D eigenvalue weighted by Gasteiger charge is 2.32. The van der Waals surface area contributed by atoms with Crippen molar-refractivity contribution in [3.8, 4) is 0 Å². The Balaban J connectivity index is 2.99. The SMILES string of the molecule is CNCC(O)C(O)c1ccc(C(F)(F)F)cc1F. The molecule has 0 aliphatic carbocycles. The number of likely N-dealkylation sites (N-methyl/N-ethyl adjacent to an activating group) is 1. The molecule has 2 atom stereocenters. The smallest absolute Gasteiger partial charge is 0.389 e. The number of aliphatic hydroxyl groups is 2. The van der Waals surface area contributed by atoms with Crippen molar-refractivity contribution in [3.05, 3.63) is 35.1 Å². The van der Waals surface area contributed by atoms with E-state index in [0.29, 0.717) is 12.1 Å². The van der Waals surface area contributed by atoms with Gasteiger partial charge >= 0.3 is 6.18 Å². The number of halogens is 4. The molecule has 7 heteroatoms. The molecule has 0 saturated carbocycles. The number of rotatable bonds is 4. The second kappa shape index (κ2) is 5.64. The molecule has 0 radical (unpaired) electrons. The highest BCUT2D eigenvalue weighted by atomic mass is 19.4. The largest absolute Gasteiger partial charge is 0.416 e. The molecule has 1 aromatic rings. The van der Waals surface area contributed by atoms with E-state index in [1.165, 1.54) is 7.05 Å². The molecular formula is C11H13F4NO2. The highest BCUT2D eigenvalue weighted by Crippen LogP contribution is 2.31. The van der Waals surface area contributed by atoms with Crippen molar-refractivity contribution in [2.75, 3.05) is 13.6 Å². The number of aliphatic hydroxyl groups excluding tert-OH is 2. The van der Waals surface area contributed by atoms with Crippen molar-refractivity contribution in [2.45, 2.75) is 18.4 Å². The van der Waals surface area contributed by atoms with Gasteiger partial charge < -0.3 is 15.5 Å². The van der Waals surface area contributed by atoms with Crippen molar-refractivity contribution < 1.29 is 27.8 Å². The first-order chi connectivity index (χ1) is 8.27. The summed E-state index contributed by atoms with van der Waals surface area (Å²) in [6.07, 6.45) is -7.53. The van der Waals surface area contributed by atoms with Gasteiger partial charge in [-0.3, -0.25) is 0 Å². The fourth-order valence-electron chi connectivity index (χ4n) is 1.47. The van der Waals surface area contributed by atoms with Crippen LogP contribution in [0.1, 0.15) is 17.2 Å². The number of benzene rings is 1. The topological polar surface area (TPSA) is 52.5 Å². The van der Waals surface area contributed by atoms with Crippen LogP contribution in [0.5, 0.6) is 0 Å². The number of alkyl halides is 3. The summed E-state index contributed by atoms with van der Waals surface area (Å²) in [7, 11) is 1.51. The second-order valence-electron chi connectivity index (χ2n) is 3.80. The third-order valence-electron chi connectivity index (χ3n) is 2.42. The third kappa shape index (κ3) is 3.41. The van der Waals surface area contributed by atoms with E-state index >= 15 is 0 Å². The van der Waals surface area contributed by atoms with Crippen molar-refractivity contribution in [2.24, 2.45) is 0 Å². The molecule has 0 heterocycles. The summed E-state index contributed by atoms with van der Waals surface area (Å²) >= 11 is 0. The van der Waals surface area contributed by atoms with Crippen LogP contribution < -0.4 is 5.32 Å². The molecule has 1 aromatic carbocycles. The van der Waals surface area contributed by atoms with Crippen LogP contribution in [0, 0.1) is 5.82 Å². The summed E-state index contributed by atoms with van der Waals surface area (Å²) in [4.78, 5) is 0. The summed E-state index contributed by atoms with van der Waals surface area (Å²) in [6.45, 7) is -0.0123. The van der Waals surface area contributed by atoms with Gasteiger partial charge in [0.05, 0.1) is 11.7 Å². The quantitative estimate of drug-likeness (QED) is 0.724. The average Bonchev–Trinajstić information content (AvgIpc) is 2.27. The van der Waals surface area contributed by atoms with Crippen molar-refractivity contribution in [1.82, 2.24) is 5.32 Å². The van der Waals surface area contributed by atoms with Gasteiger partial charge in [0.1, 0.15) is 11.9 Å². The maximum atomic E-state index is 13.4. The first kappa shape index (κ1) is 14.9. The van der Waals surface area contributed by atoms with E-state index in [1.54, 1.807) is 0 Å². The molecular weight excluding hydrogens is 254 g/mol. The van der Waals surface area contributed by atoms with Crippen LogP contribution in [0.25, 0.3) is 0 Å². The van der Waals surface area contributed by atoms with Crippen LogP contribution in [0.4, 0.5) is 17.6 Å². The zero-order valence-electron chi connectivity index (χ0n) is 9.50. The molecule has 3 nitrogen and oxygen atoms in total. The van der Waals surface area contributed by atoms with E-state index in [4.69, 9.17) is 0 Å². The van der Waals surface area contributed by atoms with Crippen molar-refractivity contribution in [1.29, 1.82) is 0 Å². The van der Waals surface area contributed by atoms with E-state index in [0.717, 1.165) is 6.07 Å². The maximum absolute atomic E-state index is 13.4. The minimum atomic E-state index is -4.64. The minimum Gasteiger partial charge on any atom is -0.389 e. The predicted octanol–water partition coefficient (Wildman–Crippen LogP) is 1.46. The van der Waals surface area contributed by atoms with Crippen LogP contribution in [0.15, 0.2) is 18.2 Å². The lowest BCUT2D eigenvalue weighted by atomic mass is 10.0. The Kier molecular flexibility index (Phi) is 4.66. The van der Waals surface area contributed by atoms with E-state index in [1.807, 2.05) is 0 Å². The number of hydrogen-bond acceptors (Lipinski definition) is 3. The number of nitrogens with one attached hydrogen (secondary N) is 1. The monoisotopic (exact) mass is 267 g/mol. The summed E-state index contributed by atoms with van der Waals surface area (Å²) in [5.74, 6) is -1.20. The van der Waals surface area contributed by atoms with Crippen LogP contribution in [0.2, 0.25) is 0 Å². The van der Waals surface area contributed by atoms with Gasteiger partial charge in [-0.15, -0.1) is 0 Å². The Bertz CT molecular complexity index is 409. The minimum absolute atomic E-state index is 0.0123. The Morgan fingerprint density at radius 3 is 2.33 bits per heavy atom. The predicted molar refractivity (Wildman–Crippen MR) is 56.3 cm³/mol. The zero-order chi connectivity index (χ0) is 13.9. The molecule has 3 N–H and O–H groups in total. The second-order valence-corrected chi connectivity index (χ2v) is 3.80.